The SMILES string of the molecule is CCC(CC)NC(=O)Cc1csc(-c2ccc(F)cc2)n1. The van der Waals surface area contributed by atoms with E-state index in [-0.39, 0.29) is 24.2 Å². The standard InChI is InChI=1S/C16H19FN2OS/c1-3-13(4-2)18-15(20)9-14-10-21-16(19-14)11-5-7-12(17)8-6-11/h5-8,10,13H,3-4,9H2,1-2H3,(H,18,20). The Morgan fingerprint density at radius 3 is 2.57 bits per heavy atom. The molecule has 0 aliphatic carbocycles. The zero-order valence-corrected chi connectivity index (χ0v) is 13.0. The molecule has 112 valence electrons. The number of benzene rings is 1. The minimum absolute atomic E-state index is 0.000318. The van der Waals surface area contributed by atoms with Crippen LogP contribution in [0.5, 0.6) is 0 Å². The highest BCUT2D eigenvalue weighted by atomic mass is 32.1. The number of halogens is 1. The van der Waals surface area contributed by atoms with Crippen molar-refractivity contribution in [1.29, 1.82) is 0 Å². The molecule has 1 aromatic carbocycles. The van der Waals surface area contributed by atoms with Gasteiger partial charge < -0.3 is 5.32 Å². The van der Waals surface area contributed by atoms with Crippen LogP contribution in [-0.2, 0) is 11.2 Å². The predicted octanol–water partition coefficient (Wildman–Crippen LogP) is 3.80. The second kappa shape index (κ2) is 7.31. The number of nitrogens with one attached hydrogen (secondary N) is 1. The summed E-state index contributed by atoms with van der Waals surface area (Å²) in [5, 5.41) is 5.68. The number of rotatable bonds is 6. The molecule has 0 radical (unpaired) electrons. The Balaban J connectivity index is 2.00. The summed E-state index contributed by atoms with van der Waals surface area (Å²) in [6, 6.07) is 6.45. The van der Waals surface area contributed by atoms with E-state index in [2.05, 4.69) is 24.1 Å². The van der Waals surface area contributed by atoms with E-state index in [1.807, 2.05) is 5.38 Å². The first kappa shape index (κ1) is 15.6. The summed E-state index contributed by atoms with van der Waals surface area (Å²) < 4.78 is 12.9. The first-order valence-electron chi connectivity index (χ1n) is 7.12. The zero-order valence-electron chi connectivity index (χ0n) is 12.2. The molecule has 1 N–H and O–H groups in total. The monoisotopic (exact) mass is 306 g/mol. The number of carbonyl (C=O) groups excluding carboxylic acids is 1. The van der Waals surface area contributed by atoms with Crippen LogP contribution in [-0.4, -0.2) is 16.9 Å². The van der Waals surface area contributed by atoms with E-state index in [4.69, 9.17) is 0 Å². The highest BCUT2D eigenvalue weighted by Gasteiger charge is 2.12. The lowest BCUT2D eigenvalue weighted by Crippen LogP contribution is -2.34. The van der Waals surface area contributed by atoms with E-state index in [9.17, 15) is 9.18 Å². The lowest BCUT2D eigenvalue weighted by molar-refractivity contribution is -0.121. The van der Waals surface area contributed by atoms with Crippen molar-refractivity contribution < 1.29 is 9.18 Å². The highest BCUT2D eigenvalue weighted by Crippen LogP contribution is 2.24. The number of thiazole rings is 1. The van der Waals surface area contributed by atoms with Crippen molar-refractivity contribution in [3.8, 4) is 10.6 Å². The third kappa shape index (κ3) is 4.36. The van der Waals surface area contributed by atoms with E-state index in [1.165, 1.54) is 23.5 Å². The number of hydrogen-bond acceptors (Lipinski definition) is 3. The van der Waals surface area contributed by atoms with E-state index in [0.717, 1.165) is 29.1 Å². The van der Waals surface area contributed by atoms with Gasteiger partial charge in [-0.25, -0.2) is 9.37 Å². The molecule has 0 fully saturated rings. The lowest BCUT2D eigenvalue weighted by atomic mass is 10.1. The van der Waals surface area contributed by atoms with Crippen molar-refractivity contribution in [1.82, 2.24) is 10.3 Å². The summed E-state index contributed by atoms with van der Waals surface area (Å²) in [7, 11) is 0. The molecule has 0 spiro atoms. The van der Waals surface area contributed by atoms with E-state index < -0.39 is 0 Å². The molecule has 1 heterocycles. The minimum Gasteiger partial charge on any atom is -0.353 e. The van der Waals surface area contributed by atoms with Crippen LogP contribution in [0.15, 0.2) is 29.6 Å². The summed E-state index contributed by atoms with van der Waals surface area (Å²) in [4.78, 5) is 16.4. The largest absolute Gasteiger partial charge is 0.353 e. The van der Waals surface area contributed by atoms with Crippen molar-refractivity contribution in [3.05, 3.63) is 41.2 Å². The molecule has 0 saturated heterocycles. The molecular weight excluding hydrogens is 287 g/mol. The van der Waals surface area contributed by atoms with Crippen LogP contribution in [0.2, 0.25) is 0 Å². The van der Waals surface area contributed by atoms with Gasteiger partial charge in [-0.3, -0.25) is 4.79 Å². The fourth-order valence-electron chi connectivity index (χ4n) is 2.05. The van der Waals surface area contributed by atoms with Crippen LogP contribution in [0.1, 0.15) is 32.4 Å². The number of nitrogens with zero attached hydrogens (tertiary/aromatic N) is 1. The maximum atomic E-state index is 12.9. The number of carbonyl (C=O) groups is 1. The number of amides is 1. The van der Waals surface area contributed by atoms with Crippen LogP contribution < -0.4 is 5.32 Å². The predicted molar refractivity (Wildman–Crippen MR) is 83.7 cm³/mol. The highest BCUT2D eigenvalue weighted by molar-refractivity contribution is 7.13. The molecule has 2 rings (SSSR count). The third-order valence-electron chi connectivity index (χ3n) is 3.34. The van der Waals surface area contributed by atoms with Gasteiger partial charge >= 0.3 is 0 Å². The Labute approximate surface area is 128 Å². The van der Waals surface area contributed by atoms with E-state index in [0.29, 0.717) is 0 Å². The second-order valence-electron chi connectivity index (χ2n) is 4.91. The molecule has 0 bridgehead atoms. The molecule has 0 aliphatic heterocycles. The summed E-state index contributed by atoms with van der Waals surface area (Å²) in [5.74, 6) is -0.264. The summed E-state index contributed by atoms with van der Waals surface area (Å²) >= 11 is 1.47. The van der Waals surface area contributed by atoms with Crippen LogP contribution in [0.4, 0.5) is 4.39 Å². The molecule has 2 aromatic rings. The molecule has 1 amide bonds. The fourth-order valence-corrected chi connectivity index (χ4v) is 2.88. The Hall–Kier alpha value is -1.75. The van der Waals surface area contributed by atoms with Crippen molar-refractivity contribution in [2.24, 2.45) is 0 Å². The number of aromatic nitrogens is 1. The second-order valence-corrected chi connectivity index (χ2v) is 5.77. The molecule has 0 aliphatic rings. The molecule has 0 unspecified atom stereocenters. The van der Waals surface area contributed by atoms with Gasteiger partial charge in [-0.1, -0.05) is 13.8 Å². The van der Waals surface area contributed by atoms with Crippen molar-refractivity contribution in [2.45, 2.75) is 39.2 Å². The van der Waals surface area contributed by atoms with Crippen LogP contribution in [0, 0.1) is 5.82 Å². The molecule has 0 atom stereocenters. The van der Waals surface area contributed by atoms with Gasteiger partial charge in [0.05, 0.1) is 12.1 Å². The van der Waals surface area contributed by atoms with Crippen molar-refractivity contribution >= 4 is 17.2 Å². The third-order valence-corrected chi connectivity index (χ3v) is 4.28. The molecular formula is C16H19FN2OS. The molecule has 1 aromatic heterocycles. The Kier molecular flexibility index (Phi) is 5.44. The first-order valence-corrected chi connectivity index (χ1v) is 8.00. The van der Waals surface area contributed by atoms with Crippen molar-refractivity contribution in [2.75, 3.05) is 0 Å². The maximum absolute atomic E-state index is 12.9. The fraction of sp³-hybridized carbons (Fsp3) is 0.375. The topological polar surface area (TPSA) is 42.0 Å². The molecule has 21 heavy (non-hydrogen) atoms. The average molecular weight is 306 g/mol. The van der Waals surface area contributed by atoms with Crippen LogP contribution in [0.3, 0.4) is 0 Å². The molecule has 0 saturated carbocycles. The normalized spacial score (nSPS) is 10.9. The van der Waals surface area contributed by atoms with Gasteiger partial charge in [0.2, 0.25) is 5.91 Å². The van der Waals surface area contributed by atoms with E-state index >= 15 is 0 Å². The zero-order chi connectivity index (χ0) is 15.2. The smallest absolute Gasteiger partial charge is 0.226 e. The number of hydrogen-bond donors (Lipinski definition) is 1. The van der Waals surface area contributed by atoms with Crippen molar-refractivity contribution in [3.63, 3.8) is 0 Å². The summed E-state index contributed by atoms with van der Waals surface area (Å²) in [6.07, 6.45) is 2.15. The summed E-state index contributed by atoms with van der Waals surface area (Å²) in [5.41, 5.74) is 1.62. The van der Waals surface area contributed by atoms with Gasteiger partial charge in [0.1, 0.15) is 10.8 Å². The van der Waals surface area contributed by atoms with E-state index in [1.54, 1.807) is 12.1 Å². The quantitative estimate of drug-likeness (QED) is 0.882. The Morgan fingerprint density at radius 2 is 1.95 bits per heavy atom. The first-order chi connectivity index (χ1) is 10.1. The van der Waals surface area contributed by atoms with Crippen LogP contribution in [0.25, 0.3) is 10.6 Å². The van der Waals surface area contributed by atoms with Crippen LogP contribution >= 0.6 is 11.3 Å². The van der Waals surface area contributed by atoms with Gasteiger partial charge in [0.25, 0.3) is 0 Å². The van der Waals surface area contributed by atoms with Gasteiger partial charge in [-0.15, -0.1) is 11.3 Å². The Morgan fingerprint density at radius 1 is 1.29 bits per heavy atom. The molecule has 5 heteroatoms. The average Bonchev–Trinajstić information content (AvgIpc) is 2.94. The van der Waals surface area contributed by atoms with Gasteiger partial charge in [-0.05, 0) is 37.1 Å². The van der Waals surface area contributed by atoms with Gasteiger partial charge in [0.15, 0.2) is 0 Å². The summed E-state index contributed by atoms with van der Waals surface area (Å²) in [6.45, 7) is 4.12. The molecule has 3 nitrogen and oxygen atoms in total. The maximum Gasteiger partial charge on any atom is 0.226 e. The van der Waals surface area contributed by atoms with Gasteiger partial charge in [-0.2, -0.15) is 0 Å². The Bertz CT molecular complexity index is 591. The lowest BCUT2D eigenvalue weighted by Gasteiger charge is -2.13. The minimum atomic E-state index is -0.264. The van der Waals surface area contributed by atoms with Gasteiger partial charge in [0, 0.05) is 17.0 Å².